The number of carbonyl (C=O) groups is 3. The number of ketones is 1. The number of hydrogen-bond acceptors (Lipinski definition) is 4. The number of amides is 2. The summed E-state index contributed by atoms with van der Waals surface area (Å²) in [6, 6.07) is 9.13. The van der Waals surface area contributed by atoms with Gasteiger partial charge in [0, 0.05) is 50.5 Å². The second-order valence-corrected chi connectivity index (χ2v) is 9.29. The SMILES string of the molecule is C[C@@H]1CN(C(=O)[C@@H]2CC23CCN(C(=O)CCC(=O)c2ccccc2)CC3)C[C@H](C)O1. The molecule has 162 valence electrons. The minimum Gasteiger partial charge on any atom is -0.372 e. The molecule has 0 bridgehead atoms. The zero-order chi connectivity index (χ0) is 21.3. The number of ether oxygens (including phenoxy) is 1. The van der Waals surface area contributed by atoms with Crippen LogP contribution in [-0.4, -0.2) is 65.8 Å². The van der Waals surface area contributed by atoms with E-state index in [1.165, 1.54) is 0 Å². The first-order valence-corrected chi connectivity index (χ1v) is 11.2. The lowest BCUT2D eigenvalue weighted by Crippen LogP contribution is -2.49. The van der Waals surface area contributed by atoms with Gasteiger partial charge in [0.05, 0.1) is 12.2 Å². The van der Waals surface area contributed by atoms with Crippen LogP contribution in [0.3, 0.4) is 0 Å². The first kappa shape index (κ1) is 21.0. The van der Waals surface area contributed by atoms with Crippen molar-refractivity contribution in [1.82, 2.24) is 9.80 Å². The van der Waals surface area contributed by atoms with Gasteiger partial charge in [-0.05, 0) is 38.5 Å². The molecule has 0 unspecified atom stereocenters. The fourth-order valence-electron chi connectivity index (χ4n) is 5.18. The minimum absolute atomic E-state index is 0.0132. The Morgan fingerprint density at radius 1 is 0.967 bits per heavy atom. The van der Waals surface area contributed by atoms with Gasteiger partial charge in [-0.25, -0.2) is 0 Å². The number of hydrogen-bond donors (Lipinski definition) is 0. The molecule has 1 aromatic rings. The molecule has 2 aliphatic heterocycles. The van der Waals surface area contributed by atoms with Crippen LogP contribution in [0.4, 0.5) is 0 Å². The largest absolute Gasteiger partial charge is 0.372 e. The molecule has 0 aromatic heterocycles. The summed E-state index contributed by atoms with van der Waals surface area (Å²) in [5.74, 6) is 0.435. The van der Waals surface area contributed by atoms with Gasteiger partial charge in [0.15, 0.2) is 5.78 Å². The molecule has 0 N–H and O–H groups in total. The van der Waals surface area contributed by atoms with Gasteiger partial charge in [0.1, 0.15) is 0 Å². The predicted molar refractivity (Wildman–Crippen MR) is 113 cm³/mol. The van der Waals surface area contributed by atoms with E-state index in [1.807, 2.05) is 41.8 Å². The molecule has 3 aliphatic rings. The van der Waals surface area contributed by atoms with Gasteiger partial charge in [0.25, 0.3) is 0 Å². The molecule has 2 heterocycles. The van der Waals surface area contributed by atoms with Crippen molar-refractivity contribution in [3.05, 3.63) is 35.9 Å². The van der Waals surface area contributed by atoms with E-state index in [0.29, 0.717) is 31.7 Å². The monoisotopic (exact) mass is 412 g/mol. The summed E-state index contributed by atoms with van der Waals surface area (Å²) >= 11 is 0. The molecule has 1 aromatic carbocycles. The fourth-order valence-corrected chi connectivity index (χ4v) is 5.18. The fraction of sp³-hybridized carbons (Fsp3) is 0.625. The number of piperidine rings is 1. The van der Waals surface area contributed by atoms with E-state index in [2.05, 4.69) is 0 Å². The summed E-state index contributed by atoms with van der Waals surface area (Å²) in [4.78, 5) is 41.7. The highest BCUT2D eigenvalue weighted by molar-refractivity contribution is 5.97. The molecule has 2 amide bonds. The third-order valence-electron chi connectivity index (χ3n) is 6.99. The molecule has 0 radical (unpaired) electrons. The summed E-state index contributed by atoms with van der Waals surface area (Å²) in [7, 11) is 0. The molecule has 1 spiro atoms. The third kappa shape index (κ3) is 4.43. The molecule has 2 saturated heterocycles. The summed E-state index contributed by atoms with van der Waals surface area (Å²) in [6.07, 6.45) is 3.40. The van der Waals surface area contributed by atoms with Crippen LogP contribution in [0.15, 0.2) is 30.3 Å². The number of nitrogens with zero attached hydrogens (tertiary/aromatic N) is 2. The van der Waals surface area contributed by atoms with Gasteiger partial charge < -0.3 is 14.5 Å². The summed E-state index contributed by atoms with van der Waals surface area (Å²) in [6.45, 7) is 6.78. The number of likely N-dealkylation sites (tertiary alicyclic amines) is 1. The second-order valence-electron chi connectivity index (χ2n) is 9.29. The van der Waals surface area contributed by atoms with Crippen molar-refractivity contribution in [2.24, 2.45) is 11.3 Å². The van der Waals surface area contributed by atoms with Crippen molar-refractivity contribution < 1.29 is 19.1 Å². The predicted octanol–water partition coefficient (Wildman–Crippen LogP) is 2.91. The van der Waals surface area contributed by atoms with Gasteiger partial charge in [-0.3, -0.25) is 14.4 Å². The van der Waals surface area contributed by atoms with Crippen molar-refractivity contribution in [3.8, 4) is 0 Å². The number of morpholine rings is 1. The van der Waals surface area contributed by atoms with Crippen molar-refractivity contribution >= 4 is 17.6 Å². The Morgan fingerprint density at radius 3 is 2.23 bits per heavy atom. The zero-order valence-corrected chi connectivity index (χ0v) is 18.0. The molecule has 6 heteroatoms. The van der Waals surface area contributed by atoms with Crippen LogP contribution in [0.2, 0.25) is 0 Å². The van der Waals surface area contributed by atoms with E-state index in [-0.39, 0.29) is 54.0 Å². The molecule has 3 atom stereocenters. The summed E-state index contributed by atoms with van der Waals surface area (Å²) in [5.41, 5.74) is 0.743. The standard InChI is InChI=1S/C24H32N2O4/c1-17-15-26(16-18(2)30-17)23(29)20-14-24(20)10-12-25(13-11-24)22(28)9-8-21(27)19-6-4-3-5-7-19/h3-7,17-18,20H,8-16H2,1-2H3/t17-,18+,20-/m0/s1. The van der Waals surface area contributed by atoms with E-state index < -0.39 is 0 Å². The van der Waals surface area contributed by atoms with Crippen molar-refractivity contribution in [2.45, 2.75) is 58.2 Å². The maximum atomic E-state index is 13.0. The van der Waals surface area contributed by atoms with Gasteiger partial charge in [0.2, 0.25) is 11.8 Å². The Kier molecular flexibility index (Phi) is 5.96. The zero-order valence-electron chi connectivity index (χ0n) is 18.0. The first-order valence-electron chi connectivity index (χ1n) is 11.2. The van der Waals surface area contributed by atoms with Gasteiger partial charge in [-0.15, -0.1) is 0 Å². The summed E-state index contributed by atoms with van der Waals surface area (Å²) in [5, 5.41) is 0. The van der Waals surface area contributed by atoms with Crippen molar-refractivity contribution in [1.29, 1.82) is 0 Å². The molecule has 1 saturated carbocycles. The van der Waals surface area contributed by atoms with Crippen LogP contribution < -0.4 is 0 Å². The van der Waals surface area contributed by atoms with Crippen molar-refractivity contribution in [3.63, 3.8) is 0 Å². The van der Waals surface area contributed by atoms with E-state index in [9.17, 15) is 14.4 Å². The van der Waals surface area contributed by atoms with Crippen LogP contribution in [0.5, 0.6) is 0 Å². The molecular formula is C24H32N2O4. The van der Waals surface area contributed by atoms with Gasteiger partial charge in [-0.2, -0.15) is 0 Å². The maximum Gasteiger partial charge on any atom is 0.226 e. The second kappa shape index (κ2) is 8.50. The van der Waals surface area contributed by atoms with Crippen LogP contribution >= 0.6 is 0 Å². The topological polar surface area (TPSA) is 66.9 Å². The molecule has 30 heavy (non-hydrogen) atoms. The smallest absolute Gasteiger partial charge is 0.226 e. The average molecular weight is 413 g/mol. The van der Waals surface area contributed by atoms with Crippen LogP contribution in [0.1, 0.15) is 56.3 Å². The van der Waals surface area contributed by atoms with Crippen LogP contribution in [0.25, 0.3) is 0 Å². The van der Waals surface area contributed by atoms with Gasteiger partial charge >= 0.3 is 0 Å². The quantitative estimate of drug-likeness (QED) is 0.698. The lowest BCUT2D eigenvalue weighted by Gasteiger charge is -2.37. The molecule has 4 rings (SSSR count). The van der Waals surface area contributed by atoms with E-state index in [1.54, 1.807) is 12.1 Å². The number of benzene rings is 1. The van der Waals surface area contributed by atoms with Crippen LogP contribution in [0, 0.1) is 11.3 Å². The summed E-state index contributed by atoms with van der Waals surface area (Å²) < 4.78 is 5.75. The first-order chi connectivity index (χ1) is 14.4. The highest BCUT2D eigenvalue weighted by Crippen LogP contribution is 2.60. The highest BCUT2D eigenvalue weighted by atomic mass is 16.5. The van der Waals surface area contributed by atoms with Crippen LogP contribution in [-0.2, 0) is 14.3 Å². The molecule has 3 fully saturated rings. The Morgan fingerprint density at radius 2 is 1.60 bits per heavy atom. The minimum atomic E-state index is 0.0132. The molecule has 1 aliphatic carbocycles. The Hall–Kier alpha value is -2.21. The van der Waals surface area contributed by atoms with E-state index in [4.69, 9.17) is 4.74 Å². The number of carbonyl (C=O) groups excluding carboxylic acids is 3. The lowest BCUT2D eigenvalue weighted by molar-refractivity contribution is -0.145. The van der Waals surface area contributed by atoms with Gasteiger partial charge in [-0.1, -0.05) is 30.3 Å². The van der Waals surface area contributed by atoms with E-state index in [0.717, 1.165) is 19.3 Å². The van der Waals surface area contributed by atoms with Crippen molar-refractivity contribution in [2.75, 3.05) is 26.2 Å². The van der Waals surface area contributed by atoms with E-state index >= 15 is 0 Å². The average Bonchev–Trinajstić information content (AvgIpc) is 3.44. The third-order valence-corrected chi connectivity index (χ3v) is 6.99. The molecular weight excluding hydrogens is 380 g/mol. The number of rotatable bonds is 5. The Labute approximate surface area is 178 Å². The molecule has 6 nitrogen and oxygen atoms in total. The Bertz CT molecular complexity index is 791. The normalized spacial score (nSPS) is 27.7. The highest BCUT2D eigenvalue weighted by Gasteiger charge is 2.59. The lowest BCUT2D eigenvalue weighted by atomic mass is 9.90. The number of Topliss-reactive ketones (excluding diaryl/α,β-unsaturated/α-hetero) is 1. The maximum absolute atomic E-state index is 13.0. The Balaban J connectivity index is 1.24.